The van der Waals surface area contributed by atoms with E-state index in [1.165, 1.54) is 9.75 Å². The molecule has 0 aromatic carbocycles. The summed E-state index contributed by atoms with van der Waals surface area (Å²) < 4.78 is 5.45. The second-order valence-corrected chi connectivity index (χ2v) is 5.24. The van der Waals surface area contributed by atoms with Gasteiger partial charge in [-0.2, -0.15) is 0 Å². The van der Waals surface area contributed by atoms with E-state index >= 15 is 0 Å². The van der Waals surface area contributed by atoms with Crippen molar-refractivity contribution >= 4 is 11.3 Å². The van der Waals surface area contributed by atoms with Crippen LogP contribution in [0.25, 0.3) is 0 Å². The molecule has 0 unspecified atom stereocenters. The Morgan fingerprint density at radius 3 is 2.85 bits per heavy atom. The normalized spacial score (nSPS) is 16.3. The fraction of sp³-hybridized carbons (Fsp3) is 0.636. The van der Waals surface area contributed by atoms with Crippen LogP contribution in [0.5, 0.6) is 0 Å². The third kappa shape index (κ3) is 1.53. The van der Waals surface area contributed by atoms with Gasteiger partial charge in [0.05, 0.1) is 13.2 Å². The standard InChI is InChI=1S/C11H16OS/c1-7(2)11-8(3)13-10-6-12-5-4-9(10)11/h7H,4-6H2,1-3H3. The van der Waals surface area contributed by atoms with Crippen LogP contribution < -0.4 is 0 Å². The lowest BCUT2D eigenvalue weighted by molar-refractivity contribution is 0.113. The van der Waals surface area contributed by atoms with Crippen molar-refractivity contribution in [1.29, 1.82) is 0 Å². The van der Waals surface area contributed by atoms with Gasteiger partial charge in [-0.05, 0) is 30.4 Å². The molecule has 1 nitrogen and oxygen atoms in total. The first-order chi connectivity index (χ1) is 6.20. The molecule has 1 aromatic rings. The van der Waals surface area contributed by atoms with Gasteiger partial charge >= 0.3 is 0 Å². The average molecular weight is 196 g/mol. The molecule has 0 bridgehead atoms. The predicted octanol–water partition coefficient (Wildman–Crippen LogP) is 3.25. The van der Waals surface area contributed by atoms with Crippen molar-refractivity contribution in [2.45, 2.75) is 39.7 Å². The van der Waals surface area contributed by atoms with Crippen molar-refractivity contribution in [3.63, 3.8) is 0 Å². The predicted molar refractivity (Wildman–Crippen MR) is 56.5 cm³/mol. The van der Waals surface area contributed by atoms with Gasteiger partial charge in [-0.15, -0.1) is 11.3 Å². The Balaban J connectivity index is 2.48. The summed E-state index contributed by atoms with van der Waals surface area (Å²) in [4.78, 5) is 2.96. The molecule has 1 aromatic heterocycles. The van der Waals surface area contributed by atoms with Gasteiger partial charge in [0.2, 0.25) is 0 Å². The zero-order valence-corrected chi connectivity index (χ0v) is 9.33. The zero-order chi connectivity index (χ0) is 9.42. The van der Waals surface area contributed by atoms with Crippen LogP contribution >= 0.6 is 11.3 Å². The van der Waals surface area contributed by atoms with E-state index in [0.717, 1.165) is 19.6 Å². The highest BCUT2D eigenvalue weighted by Gasteiger charge is 2.20. The van der Waals surface area contributed by atoms with Gasteiger partial charge in [0.25, 0.3) is 0 Å². The van der Waals surface area contributed by atoms with Crippen molar-refractivity contribution in [1.82, 2.24) is 0 Å². The van der Waals surface area contributed by atoms with Crippen molar-refractivity contribution in [2.24, 2.45) is 0 Å². The summed E-state index contributed by atoms with van der Waals surface area (Å²) in [5, 5.41) is 0. The maximum atomic E-state index is 5.45. The summed E-state index contributed by atoms with van der Waals surface area (Å²) in [5.74, 6) is 0.665. The highest BCUT2D eigenvalue weighted by molar-refractivity contribution is 7.12. The van der Waals surface area contributed by atoms with E-state index in [2.05, 4.69) is 20.8 Å². The molecule has 0 aliphatic carbocycles. The molecule has 0 fully saturated rings. The molecule has 1 aliphatic heterocycles. The topological polar surface area (TPSA) is 9.23 Å². The Labute approximate surface area is 83.7 Å². The molecule has 0 atom stereocenters. The Hall–Kier alpha value is -0.340. The number of thiophene rings is 1. The first kappa shape index (κ1) is 9.22. The third-order valence-electron chi connectivity index (χ3n) is 2.62. The average Bonchev–Trinajstić information content (AvgIpc) is 2.39. The van der Waals surface area contributed by atoms with Crippen LogP contribution in [0.4, 0.5) is 0 Å². The highest BCUT2D eigenvalue weighted by atomic mass is 32.1. The smallest absolute Gasteiger partial charge is 0.0812 e. The van der Waals surface area contributed by atoms with Gasteiger partial charge in [-0.25, -0.2) is 0 Å². The number of fused-ring (bicyclic) bond motifs is 1. The highest BCUT2D eigenvalue weighted by Crippen LogP contribution is 2.35. The van der Waals surface area contributed by atoms with E-state index in [1.54, 1.807) is 11.1 Å². The van der Waals surface area contributed by atoms with Gasteiger partial charge in [0, 0.05) is 9.75 Å². The molecule has 0 saturated heterocycles. The molecular formula is C11H16OS. The van der Waals surface area contributed by atoms with Gasteiger partial charge < -0.3 is 4.74 Å². The quantitative estimate of drug-likeness (QED) is 0.670. The lowest BCUT2D eigenvalue weighted by Crippen LogP contribution is -2.09. The van der Waals surface area contributed by atoms with Gasteiger partial charge in [0.15, 0.2) is 0 Å². The van der Waals surface area contributed by atoms with Gasteiger partial charge in [-0.1, -0.05) is 13.8 Å². The maximum absolute atomic E-state index is 5.45. The van der Waals surface area contributed by atoms with E-state index in [0.29, 0.717) is 5.92 Å². The van der Waals surface area contributed by atoms with E-state index in [-0.39, 0.29) is 0 Å². The molecule has 0 radical (unpaired) electrons. The lowest BCUT2D eigenvalue weighted by Gasteiger charge is -2.15. The van der Waals surface area contributed by atoms with E-state index in [9.17, 15) is 0 Å². The molecule has 0 amide bonds. The molecule has 2 heteroatoms. The molecule has 2 heterocycles. The Bertz CT molecular complexity index is 312. The van der Waals surface area contributed by atoms with Crippen molar-refractivity contribution in [3.05, 3.63) is 20.9 Å². The largest absolute Gasteiger partial charge is 0.376 e. The molecule has 13 heavy (non-hydrogen) atoms. The van der Waals surface area contributed by atoms with Gasteiger partial charge in [-0.3, -0.25) is 0 Å². The molecule has 0 spiro atoms. The van der Waals surface area contributed by atoms with Crippen LogP contribution in [0.15, 0.2) is 0 Å². The second-order valence-electron chi connectivity index (χ2n) is 3.93. The number of ether oxygens (including phenoxy) is 1. The summed E-state index contributed by atoms with van der Waals surface area (Å²) in [6, 6.07) is 0. The monoisotopic (exact) mass is 196 g/mol. The summed E-state index contributed by atoms with van der Waals surface area (Å²) in [6.07, 6.45) is 1.12. The SMILES string of the molecule is Cc1sc2c(c1C(C)C)CCOC2. The molecule has 0 saturated carbocycles. The minimum absolute atomic E-state index is 0.665. The number of hydrogen-bond donors (Lipinski definition) is 0. The summed E-state index contributed by atoms with van der Waals surface area (Å²) in [7, 11) is 0. The van der Waals surface area contributed by atoms with Crippen LogP contribution in [-0.4, -0.2) is 6.61 Å². The minimum atomic E-state index is 0.665. The lowest BCUT2D eigenvalue weighted by atomic mass is 9.95. The van der Waals surface area contributed by atoms with Crippen LogP contribution in [0.3, 0.4) is 0 Å². The van der Waals surface area contributed by atoms with Crippen molar-refractivity contribution < 1.29 is 4.74 Å². The Morgan fingerprint density at radius 2 is 2.15 bits per heavy atom. The van der Waals surface area contributed by atoms with Crippen LogP contribution in [0.2, 0.25) is 0 Å². The van der Waals surface area contributed by atoms with E-state index < -0.39 is 0 Å². The third-order valence-corrected chi connectivity index (χ3v) is 3.76. The Kier molecular flexibility index (Phi) is 2.43. The minimum Gasteiger partial charge on any atom is -0.376 e. The Morgan fingerprint density at radius 1 is 1.38 bits per heavy atom. The first-order valence-corrected chi connectivity index (χ1v) is 5.70. The fourth-order valence-corrected chi connectivity index (χ4v) is 3.46. The molecule has 0 N–H and O–H groups in total. The molecule has 72 valence electrons. The van der Waals surface area contributed by atoms with E-state index in [4.69, 9.17) is 4.74 Å². The fourth-order valence-electron chi connectivity index (χ4n) is 2.15. The molecular weight excluding hydrogens is 180 g/mol. The molecule has 2 rings (SSSR count). The zero-order valence-electron chi connectivity index (χ0n) is 8.52. The van der Waals surface area contributed by atoms with E-state index in [1.807, 2.05) is 11.3 Å². The first-order valence-electron chi connectivity index (χ1n) is 4.89. The summed E-state index contributed by atoms with van der Waals surface area (Å²) >= 11 is 1.92. The number of hydrogen-bond acceptors (Lipinski definition) is 2. The number of rotatable bonds is 1. The van der Waals surface area contributed by atoms with Gasteiger partial charge in [0.1, 0.15) is 0 Å². The number of aryl methyl sites for hydroxylation is 1. The van der Waals surface area contributed by atoms with Crippen LogP contribution in [0, 0.1) is 6.92 Å². The maximum Gasteiger partial charge on any atom is 0.0812 e. The summed E-state index contributed by atoms with van der Waals surface area (Å²) in [6.45, 7) is 8.55. The van der Waals surface area contributed by atoms with Crippen LogP contribution in [0.1, 0.15) is 40.6 Å². The molecule has 1 aliphatic rings. The van der Waals surface area contributed by atoms with Crippen molar-refractivity contribution in [3.8, 4) is 0 Å². The summed E-state index contributed by atoms with van der Waals surface area (Å²) in [5.41, 5.74) is 3.17. The second kappa shape index (κ2) is 3.43. The van der Waals surface area contributed by atoms with Crippen LogP contribution in [-0.2, 0) is 17.8 Å². The van der Waals surface area contributed by atoms with Crippen molar-refractivity contribution in [2.75, 3.05) is 6.61 Å².